The van der Waals surface area contributed by atoms with Gasteiger partial charge in [-0.2, -0.15) is 0 Å². The Morgan fingerprint density at radius 3 is 2.52 bits per heavy atom. The monoisotopic (exact) mass is 284 g/mol. The lowest BCUT2D eigenvalue weighted by atomic mass is 10.1. The van der Waals surface area contributed by atoms with Crippen LogP contribution in [0.3, 0.4) is 0 Å². The molecule has 1 atom stereocenters. The maximum absolute atomic E-state index is 12.9. The Bertz CT molecular complexity index is 777. The van der Waals surface area contributed by atoms with Crippen LogP contribution in [0.4, 0.5) is 4.39 Å². The van der Waals surface area contributed by atoms with Crippen molar-refractivity contribution in [3.05, 3.63) is 65.2 Å². The fourth-order valence-corrected chi connectivity index (χ4v) is 2.44. The SMILES string of the molecule is Cc1cc2ncn(CC(O)c3ccc(F)cc3)c2cc1C. The van der Waals surface area contributed by atoms with E-state index in [2.05, 4.69) is 24.9 Å². The zero-order valence-corrected chi connectivity index (χ0v) is 12.0. The molecule has 0 aliphatic carbocycles. The smallest absolute Gasteiger partial charge is 0.123 e. The summed E-state index contributed by atoms with van der Waals surface area (Å²) in [6.07, 6.45) is 1.04. The van der Waals surface area contributed by atoms with Gasteiger partial charge in [0.15, 0.2) is 0 Å². The second-order valence-electron chi connectivity index (χ2n) is 5.39. The molecule has 3 aromatic rings. The van der Waals surface area contributed by atoms with E-state index in [9.17, 15) is 9.50 Å². The van der Waals surface area contributed by atoms with Gasteiger partial charge in [-0.3, -0.25) is 0 Å². The van der Waals surface area contributed by atoms with Crippen molar-refractivity contribution in [3.8, 4) is 0 Å². The molecule has 3 nitrogen and oxygen atoms in total. The van der Waals surface area contributed by atoms with Gasteiger partial charge >= 0.3 is 0 Å². The van der Waals surface area contributed by atoms with Crippen molar-refractivity contribution in [2.24, 2.45) is 0 Å². The Morgan fingerprint density at radius 2 is 1.81 bits per heavy atom. The van der Waals surface area contributed by atoms with Crippen molar-refractivity contribution in [2.45, 2.75) is 26.5 Å². The third-order valence-electron chi connectivity index (χ3n) is 3.86. The van der Waals surface area contributed by atoms with Gasteiger partial charge in [0.05, 0.1) is 30.0 Å². The summed E-state index contributed by atoms with van der Waals surface area (Å²) in [5.74, 6) is -0.301. The molecule has 0 amide bonds. The number of rotatable bonds is 3. The average Bonchev–Trinajstić information content (AvgIpc) is 2.82. The Morgan fingerprint density at radius 1 is 1.14 bits per heavy atom. The summed E-state index contributed by atoms with van der Waals surface area (Å²) in [5.41, 5.74) is 5.01. The molecule has 108 valence electrons. The Balaban J connectivity index is 1.91. The summed E-state index contributed by atoms with van der Waals surface area (Å²) in [4.78, 5) is 4.37. The fourth-order valence-electron chi connectivity index (χ4n) is 2.44. The molecular weight excluding hydrogens is 267 g/mol. The van der Waals surface area contributed by atoms with Crippen molar-refractivity contribution in [1.82, 2.24) is 9.55 Å². The van der Waals surface area contributed by atoms with Crippen molar-refractivity contribution in [3.63, 3.8) is 0 Å². The van der Waals surface area contributed by atoms with Crippen molar-refractivity contribution in [2.75, 3.05) is 0 Å². The van der Waals surface area contributed by atoms with Gasteiger partial charge in [-0.05, 0) is 54.8 Å². The summed E-state index contributed by atoms with van der Waals surface area (Å²) in [7, 11) is 0. The molecule has 1 aromatic heterocycles. The summed E-state index contributed by atoms with van der Waals surface area (Å²) in [5, 5.41) is 10.3. The molecule has 3 rings (SSSR count). The van der Waals surface area contributed by atoms with Gasteiger partial charge in [-0.15, -0.1) is 0 Å². The van der Waals surface area contributed by atoms with Crippen LogP contribution in [0.15, 0.2) is 42.7 Å². The van der Waals surface area contributed by atoms with Crippen LogP contribution < -0.4 is 0 Å². The molecule has 21 heavy (non-hydrogen) atoms. The van der Waals surface area contributed by atoms with E-state index >= 15 is 0 Å². The number of aromatic nitrogens is 2. The highest BCUT2D eigenvalue weighted by Crippen LogP contribution is 2.22. The van der Waals surface area contributed by atoms with E-state index in [1.54, 1.807) is 18.5 Å². The van der Waals surface area contributed by atoms with Crippen LogP contribution in [-0.4, -0.2) is 14.7 Å². The van der Waals surface area contributed by atoms with Crippen LogP contribution in [-0.2, 0) is 6.54 Å². The molecule has 0 radical (unpaired) electrons. The second-order valence-corrected chi connectivity index (χ2v) is 5.39. The van der Waals surface area contributed by atoms with Gasteiger partial charge in [-0.1, -0.05) is 12.1 Å². The molecule has 1 N–H and O–H groups in total. The maximum atomic E-state index is 12.9. The maximum Gasteiger partial charge on any atom is 0.123 e. The highest BCUT2D eigenvalue weighted by Gasteiger charge is 2.11. The first-order valence-corrected chi connectivity index (χ1v) is 6.90. The molecule has 0 saturated carbocycles. The van der Waals surface area contributed by atoms with E-state index in [1.807, 2.05) is 10.6 Å². The lowest BCUT2D eigenvalue weighted by Crippen LogP contribution is -2.08. The van der Waals surface area contributed by atoms with Gasteiger partial charge in [0.1, 0.15) is 5.82 Å². The van der Waals surface area contributed by atoms with Crippen LogP contribution in [0, 0.1) is 19.7 Å². The minimum atomic E-state index is -0.690. The molecular formula is C17H17FN2O. The lowest BCUT2D eigenvalue weighted by Gasteiger charge is -2.13. The van der Waals surface area contributed by atoms with E-state index in [0.29, 0.717) is 12.1 Å². The summed E-state index contributed by atoms with van der Waals surface area (Å²) >= 11 is 0. The molecule has 4 heteroatoms. The van der Waals surface area contributed by atoms with Crippen LogP contribution in [0.25, 0.3) is 11.0 Å². The quantitative estimate of drug-likeness (QED) is 0.799. The summed E-state index contributed by atoms with van der Waals surface area (Å²) in [6, 6.07) is 10.1. The average molecular weight is 284 g/mol. The summed E-state index contributed by atoms with van der Waals surface area (Å²) < 4.78 is 14.8. The number of aryl methyl sites for hydroxylation is 2. The first-order chi connectivity index (χ1) is 10.0. The second kappa shape index (κ2) is 5.30. The molecule has 0 aliphatic rings. The van der Waals surface area contributed by atoms with Crippen molar-refractivity contribution in [1.29, 1.82) is 0 Å². The van der Waals surface area contributed by atoms with Gasteiger partial charge in [0.2, 0.25) is 0 Å². The third-order valence-corrected chi connectivity index (χ3v) is 3.86. The van der Waals surface area contributed by atoms with E-state index in [0.717, 1.165) is 11.0 Å². The number of benzene rings is 2. The first-order valence-electron chi connectivity index (χ1n) is 6.90. The number of fused-ring (bicyclic) bond motifs is 1. The van der Waals surface area contributed by atoms with Crippen molar-refractivity contribution < 1.29 is 9.50 Å². The Labute approximate surface area is 122 Å². The van der Waals surface area contributed by atoms with Crippen LogP contribution in [0.2, 0.25) is 0 Å². The number of hydrogen-bond acceptors (Lipinski definition) is 2. The number of hydrogen-bond donors (Lipinski definition) is 1. The first kappa shape index (κ1) is 13.8. The van der Waals surface area contributed by atoms with Crippen molar-refractivity contribution >= 4 is 11.0 Å². The Hall–Kier alpha value is -2.20. The fraction of sp³-hybridized carbons (Fsp3) is 0.235. The number of halogens is 1. The van der Waals surface area contributed by atoms with E-state index in [4.69, 9.17) is 0 Å². The highest BCUT2D eigenvalue weighted by atomic mass is 19.1. The number of aliphatic hydroxyl groups excluding tert-OH is 1. The molecule has 2 aromatic carbocycles. The highest BCUT2D eigenvalue weighted by molar-refractivity contribution is 5.77. The largest absolute Gasteiger partial charge is 0.387 e. The van der Waals surface area contributed by atoms with E-state index in [1.165, 1.54) is 23.3 Å². The molecule has 0 bridgehead atoms. The van der Waals surface area contributed by atoms with Gasteiger partial charge in [-0.25, -0.2) is 9.37 Å². The standard InChI is InChI=1S/C17H17FN2O/c1-11-7-15-16(8-12(11)2)20(10-19-15)9-17(21)13-3-5-14(18)6-4-13/h3-8,10,17,21H,9H2,1-2H3. The summed E-state index contributed by atoms with van der Waals surface area (Å²) in [6.45, 7) is 4.51. The topological polar surface area (TPSA) is 38.0 Å². The lowest BCUT2D eigenvalue weighted by molar-refractivity contribution is 0.158. The van der Waals surface area contributed by atoms with E-state index < -0.39 is 6.10 Å². The molecule has 0 fully saturated rings. The molecule has 0 spiro atoms. The molecule has 0 aliphatic heterocycles. The Kier molecular flexibility index (Phi) is 3.47. The van der Waals surface area contributed by atoms with Crippen LogP contribution >= 0.6 is 0 Å². The van der Waals surface area contributed by atoms with Crippen LogP contribution in [0.5, 0.6) is 0 Å². The van der Waals surface area contributed by atoms with Crippen LogP contribution in [0.1, 0.15) is 22.8 Å². The normalized spacial score (nSPS) is 12.8. The minimum absolute atomic E-state index is 0.301. The van der Waals surface area contributed by atoms with Gasteiger partial charge < -0.3 is 9.67 Å². The predicted molar refractivity (Wildman–Crippen MR) is 80.6 cm³/mol. The van der Waals surface area contributed by atoms with Gasteiger partial charge in [0, 0.05) is 0 Å². The molecule has 1 unspecified atom stereocenters. The zero-order chi connectivity index (χ0) is 15.0. The van der Waals surface area contributed by atoms with E-state index in [-0.39, 0.29) is 5.82 Å². The minimum Gasteiger partial charge on any atom is -0.387 e. The number of nitrogens with zero attached hydrogens (tertiary/aromatic N) is 2. The number of aliphatic hydroxyl groups is 1. The molecule has 1 heterocycles. The predicted octanol–water partition coefficient (Wildman–Crippen LogP) is 3.53. The van der Waals surface area contributed by atoms with Gasteiger partial charge in [0.25, 0.3) is 0 Å². The third kappa shape index (κ3) is 2.67. The number of imidazole rings is 1. The molecule has 0 saturated heterocycles. The zero-order valence-electron chi connectivity index (χ0n) is 12.0.